The van der Waals surface area contributed by atoms with E-state index < -0.39 is 13.9 Å². The van der Waals surface area contributed by atoms with E-state index in [4.69, 9.17) is 16.0 Å². The van der Waals surface area contributed by atoms with Gasteiger partial charge in [-0.2, -0.15) is 0 Å². The van der Waals surface area contributed by atoms with E-state index in [-0.39, 0.29) is 10.5 Å². The molecule has 0 saturated heterocycles. The summed E-state index contributed by atoms with van der Waals surface area (Å²) in [5, 5.41) is 12.5. The van der Waals surface area contributed by atoms with E-state index in [1.807, 2.05) is 6.07 Å². The predicted molar refractivity (Wildman–Crippen MR) is 150 cm³/mol. The van der Waals surface area contributed by atoms with Crippen LogP contribution < -0.4 is 4.43 Å². The number of benzene rings is 1. The van der Waals surface area contributed by atoms with Crippen molar-refractivity contribution in [2.24, 2.45) is 17.3 Å². The zero-order valence-electron chi connectivity index (χ0n) is 22.6. The molecule has 3 aliphatic rings. The third-order valence-corrected chi connectivity index (χ3v) is 14.8. The van der Waals surface area contributed by atoms with Crippen molar-refractivity contribution < 1.29 is 9.53 Å². The van der Waals surface area contributed by atoms with Crippen LogP contribution in [-0.4, -0.2) is 24.0 Å². The molecule has 2 aromatic rings. The number of hydrogen-bond donors (Lipinski definition) is 1. The van der Waals surface area contributed by atoms with Crippen LogP contribution in [0.5, 0.6) is 5.75 Å². The van der Waals surface area contributed by atoms with Crippen molar-refractivity contribution in [1.82, 2.24) is 4.98 Å². The molecule has 36 heavy (non-hydrogen) atoms. The number of nitrogens with zero attached hydrogens (tertiary/aromatic N) is 1. The molecule has 5 heteroatoms. The first-order valence-electron chi connectivity index (χ1n) is 13.5. The summed E-state index contributed by atoms with van der Waals surface area (Å²) in [6.07, 6.45) is 7.88. The largest absolute Gasteiger partial charge is 0.543 e. The Bertz CT molecular complexity index is 1210. The molecule has 0 unspecified atom stereocenters. The second-order valence-electron chi connectivity index (χ2n) is 13.1. The van der Waals surface area contributed by atoms with Crippen LogP contribution >= 0.6 is 11.6 Å². The molecule has 1 N–H and O–H groups in total. The number of aliphatic hydroxyl groups is 1. The van der Waals surface area contributed by atoms with E-state index in [2.05, 4.69) is 75.8 Å². The minimum absolute atomic E-state index is 0.177. The normalized spacial score (nSPS) is 31.5. The maximum atomic E-state index is 11.8. The zero-order chi connectivity index (χ0) is 25.9. The fourth-order valence-corrected chi connectivity index (χ4v) is 8.05. The van der Waals surface area contributed by atoms with Gasteiger partial charge in [-0.3, -0.25) is 0 Å². The second kappa shape index (κ2) is 8.90. The van der Waals surface area contributed by atoms with Gasteiger partial charge in [-0.25, -0.2) is 4.98 Å². The van der Waals surface area contributed by atoms with E-state index in [1.165, 1.54) is 17.5 Å². The molecule has 0 aliphatic heterocycles. The highest BCUT2D eigenvalue weighted by molar-refractivity contribution is 6.74. The SMILES string of the molecule is CC(C)(C)[Si](C)(C)Oc1ccc2c(c1)CC[C@@H]1[C@@H]2CC[C@@]2(C)[C@H]1CC[C@@]2(O)C#Cc1ccc(Cl)nc1. The molecule has 1 aromatic heterocycles. The summed E-state index contributed by atoms with van der Waals surface area (Å²) >= 11 is 5.92. The molecule has 192 valence electrons. The van der Waals surface area contributed by atoms with Gasteiger partial charge in [0, 0.05) is 17.2 Å². The topological polar surface area (TPSA) is 42.4 Å². The highest BCUT2D eigenvalue weighted by atomic mass is 35.5. The molecule has 1 heterocycles. The van der Waals surface area contributed by atoms with Crippen molar-refractivity contribution in [2.45, 2.75) is 95.9 Å². The minimum Gasteiger partial charge on any atom is -0.543 e. The third-order valence-electron chi connectivity index (χ3n) is 10.2. The third kappa shape index (κ3) is 4.32. The van der Waals surface area contributed by atoms with Crippen molar-refractivity contribution in [3.8, 4) is 17.6 Å². The number of pyridine rings is 1. The summed E-state index contributed by atoms with van der Waals surface area (Å²) in [6, 6.07) is 10.5. The highest BCUT2D eigenvalue weighted by Gasteiger charge is 2.61. The molecule has 1 aromatic carbocycles. The van der Waals surface area contributed by atoms with Crippen molar-refractivity contribution in [1.29, 1.82) is 0 Å². The Morgan fingerprint density at radius 2 is 1.89 bits per heavy atom. The number of halogens is 1. The van der Waals surface area contributed by atoms with Gasteiger partial charge in [0.15, 0.2) is 0 Å². The Morgan fingerprint density at radius 1 is 1.11 bits per heavy atom. The number of rotatable bonds is 2. The van der Waals surface area contributed by atoms with Gasteiger partial charge in [0.1, 0.15) is 16.5 Å². The quantitative estimate of drug-likeness (QED) is 0.249. The fraction of sp³-hybridized carbons (Fsp3) is 0.581. The Hall–Kier alpha value is -1.80. The van der Waals surface area contributed by atoms with Crippen LogP contribution in [0, 0.1) is 29.1 Å². The van der Waals surface area contributed by atoms with Gasteiger partial charge >= 0.3 is 0 Å². The lowest BCUT2D eigenvalue weighted by atomic mass is 9.53. The average Bonchev–Trinajstić information content (AvgIpc) is 3.08. The van der Waals surface area contributed by atoms with E-state index in [1.54, 1.807) is 12.3 Å². The molecule has 0 spiro atoms. The van der Waals surface area contributed by atoms with E-state index in [0.717, 1.165) is 43.4 Å². The first kappa shape index (κ1) is 25.8. The maximum absolute atomic E-state index is 11.8. The van der Waals surface area contributed by atoms with Crippen molar-refractivity contribution in [3.05, 3.63) is 58.4 Å². The monoisotopic (exact) mass is 521 g/mol. The summed E-state index contributed by atoms with van der Waals surface area (Å²) in [7, 11) is -1.86. The maximum Gasteiger partial charge on any atom is 0.250 e. The Kier molecular flexibility index (Phi) is 6.38. The summed E-state index contributed by atoms with van der Waals surface area (Å²) in [5.74, 6) is 9.22. The molecule has 0 bridgehead atoms. The summed E-state index contributed by atoms with van der Waals surface area (Å²) in [6.45, 7) is 13.8. The lowest BCUT2D eigenvalue weighted by Crippen LogP contribution is -2.50. The molecule has 5 rings (SSSR count). The molecule has 2 fully saturated rings. The van der Waals surface area contributed by atoms with Crippen molar-refractivity contribution >= 4 is 19.9 Å². The summed E-state index contributed by atoms with van der Waals surface area (Å²) in [4.78, 5) is 4.13. The number of aromatic nitrogens is 1. The molecule has 5 atom stereocenters. The molecule has 0 radical (unpaired) electrons. The van der Waals surface area contributed by atoms with E-state index >= 15 is 0 Å². The van der Waals surface area contributed by atoms with Crippen molar-refractivity contribution in [3.63, 3.8) is 0 Å². The predicted octanol–water partition coefficient (Wildman–Crippen LogP) is 7.76. The molecule has 3 nitrogen and oxygen atoms in total. The van der Waals surface area contributed by atoms with E-state index in [0.29, 0.717) is 22.9 Å². The van der Waals surface area contributed by atoms with Crippen molar-refractivity contribution in [2.75, 3.05) is 0 Å². The second-order valence-corrected chi connectivity index (χ2v) is 18.2. The average molecular weight is 522 g/mol. The lowest BCUT2D eigenvalue weighted by molar-refractivity contribution is -0.0647. The van der Waals surface area contributed by atoms with Gasteiger partial charge in [0.05, 0.1) is 0 Å². The lowest BCUT2D eigenvalue weighted by Gasteiger charge is -2.52. The molecule has 0 amide bonds. The van der Waals surface area contributed by atoms with Gasteiger partial charge in [0.2, 0.25) is 8.32 Å². The number of aryl methyl sites for hydroxylation is 1. The van der Waals surface area contributed by atoms with E-state index in [9.17, 15) is 5.11 Å². The first-order chi connectivity index (χ1) is 16.8. The van der Waals surface area contributed by atoms with Gasteiger partial charge < -0.3 is 9.53 Å². The Morgan fingerprint density at radius 3 is 2.58 bits per heavy atom. The van der Waals surface area contributed by atoms with Gasteiger partial charge in [-0.15, -0.1) is 0 Å². The smallest absolute Gasteiger partial charge is 0.250 e. The van der Waals surface area contributed by atoms with Crippen LogP contribution in [0.3, 0.4) is 0 Å². The standard InChI is InChI=1S/C31H40ClNO2Si/c1-29(2,3)36(5,6)35-23-9-11-24-22(19-23)8-10-26-25(24)14-16-30(4)27(26)15-18-31(30,34)17-13-21-7-12-28(32)33-20-21/h7,9,11-12,19-20,25-27,34H,8,10,14-16,18H2,1-6H3/t25-,26-,27+,30+,31+/m1/s1. The van der Waals surface area contributed by atoms with Gasteiger partial charge in [0.25, 0.3) is 0 Å². The summed E-state index contributed by atoms with van der Waals surface area (Å²) < 4.78 is 6.63. The molecule has 3 aliphatic carbocycles. The van der Waals surface area contributed by atoms with Crippen LogP contribution in [-0.2, 0) is 6.42 Å². The van der Waals surface area contributed by atoms with Gasteiger partial charge in [-0.05, 0) is 110 Å². The minimum atomic E-state index is -1.86. The van der Waals surface area contributed by atoms with Crippen LogP contribution in [0.1, 0.15) is 82.4 Å². The molecule has 2 saturated carbocycles. The Balaban J connectivity index is 1.37. The summed E-state index contributed by atoms with van der Waals surface area (Å²) in [5.41, 5.74) is 2.66. The number of fused-ring (bicyclic) bond motifs is 5. The zero-order valence-corrected chi connectivity index (χ0v) is 24.4. The Labute approximate surface area is 223 Å². The number of hydrogen-bond acceptors (Lipinski definition) is 3. The molecular formula is C31H40ClNO2Si. The van der Waals surface area contributed by atoms with Crippen LogP contribution in [0.2, 0.25) is 23.3 Å². The first-order valence-corrected chi connectivity index (χ1v) is 16.8. The highest BCUT2D eigenvalue weighted by Crippen LogP contribution is 2.64. The fourth-order valence-electron chi connectivity index (χ4n) is 6.92. The van der Waals surface area contributed by atoms with Crippen LogP contribution in [0.25, 0.3) is 0 Å². The molecular weight excluding hydrogens is 482 g/mol. The van der Waals surface area contributed by atoms with Crippen LogP contribution in [0.15, 0.2) is 36.5 Å². The van der Waals surface area contributed by atoms with Gasteiger partial charge in [-0.1, -0.05) is 57.2 Å². The van der Waals surface area contributed by atoms with Crippen LogP contribution in [0.4, 0.5) is 0 Å².